The molecule has 164 valence electrons. The van der Waals surface area contributed by atoms with E-state index in [2.05, 4.69) is 98.4 Å². The standard InChI is InChI=1S/C29H41Cl/c1-10-12-13-14-15-20(3)16-23(6)28(11-2)24(7)17-21(4)25(8)27-18-22(5)26(9)29(30)19-27/h11-13,16-20,24H,8,10,14-15H2,1-7,9H3/b13-12+,21-17-,23-16-,28-11+. The van der Waals surface area contributed by atoms with E-state index >= 15 is 0 Å². The summed E-state index contributed by atoms with van der Waals surface area (Å²) in [7, 11) is 0. The van der Waals surface area contributed by atoms with Crippen LogP contribution in [0.2, 0.25) is 5.02 Å². The molecule has 1 rings (SSSR count). The summed E-state index contributed by atoms with van der Waals surface area (Å²) in [5, 5.41) is 0.808. The smallest absolute Gasteiger partial charge is 0.0443 e. The molecule has 0 aliphatic heterocycles. The number of rotatable bonds is 10. The molecule has 0 heterocycles. The minimum atomic E-state index is 0.331. The quantitative estimate of drug-likeness (QED) is 0.259. The molecule has 0 saturated heterocycles. The Morgan fingerprint density at radius 3 is 2.30 bits per heavy atom. The van der Waals surface area contributed by atoms with Crippen LogP contribution in [0.25, 0.3) is 5.57 Å². The maximum atomic E-state index is 6.41. The van der Waals surface area contributed by atoms with Crippen molar-refractivity contribution < 1.29 is 0 Å². The normalized spacial score (nSPS) is 15.6. The minimum Gasteiger partial charge on any atom is -0.0909 e. The molecule has 1 aromatic rings. The van der Waals surface area contributed by atoms with Crippen molar-refractivity contribution in [3.63, 3.8) is 0 Å². The van der Waals surface area contributed by atoms with Crippen molar-refractivity contribution in [3.8, 4) is 0 Å². The first-order chi connectivity index (χ1) is 14.1. The molecular weight excluding hydrogens is 384 g/mol. The van der Waals surface area contributed by atoms with Gasteiger partial charge in [0.15, 0.2) is 0 Å². The Hall–Kier alpha value is -1.79. The van der Waals surface area contributed by atoms with Crippen molar-refractivity contribution in [2.45, 2.75) is 74.7 Å². The molecule has 1 heteroatoms. The van der Waals surface area contributed by atoms with Crippen LogP contribution in [0.1, 0.15) is 77.5 Å². The number of halogens is 1. The number of hydrogen-bond acceptors (Lipinski definition) is 0. The summed E-state index contributed by atoms with van der Waals surface area (Å²) in [6, 6.07) is 4.21. The van der Waals surface area contributed by atoms with E-state index in [-0.39, 0.29) is 0 Å². The summed E-state index contributed by atoms with van der Waals surface area (Å²) < 4.78 is 0. The van der Waals surface area contributed by atoms with Crippen molar-refractivity contribution in [2.24, 2.45) is 11.8 Å². The zero-order valence-electron chi connectivity index (χ0n) is 20.4. The molecule has 0 radical (unpaired) electrons. The summed E-state index contributed by atoms with van der Waals surface area (Å²) in [6.07, 6.45) is 15.0. The first kappa shape index (κ1) is 26.2. The molecule has 1 aromatic carbocycles. The average Bonchev–Trinajstić information content (AvgIpc) is 2.68. The molecule has 0 nitrogen and oxygen atoms in total. The van der Waals surface area contributed by atoms with Crippen LogP contribution in [0, 0.1) is 25.7 Å². The predicted octanol–water partition coefficient (Wildman–Crippen LogP) is 9.83. The molecule has 0 aliphatic carbocycles. The molecule has 0 aromatic heterocycles. The zero-order chi connectivity index (χ0) is 22.8. The molecule has 0 amide bonds. The molecule has 30 heavy (non-hydrogen) atoms. The topological polar surface area (TPSA) is 0 Å². The van der Waals surface area contributed by atoms with Gasteiger partial charge in [0.2, 0.25) is 0 Å². The van der Waals surface area contributed by atoms with Crippen LogP contribution in [0.5, 0.6) is 0 Å². The lowest BCUT2D eigenvalue weighted by atomic mass is 9.88. The van der Waals surface area contributed by atoms with E-state index in [4.69, 9.17) is 11.6 Å². The van der Waals surface area contributed by atoms with Gasteiger partial charge in [-0.3, -0.25) is 0 Å². The van der Waals surface area contributed by atoms with Crippen LogP contribution >= 0.6 is 11.6 Å². The molecule has 0 bridgehead atoms. The van der Waals surface area contributed by atoms with Crippen molar-refractivity contribution >= 4 is 17.2 Å². The summed E-state index contributed by atoms with van der Waals surface area (Å²) >= 11 is 6.41. The largest absolute Gasteiger partial charge is 0.0909 e. The highest BCUT2D eigenvalue weighted by molar-refractivity contribution is 6.31. The maximum Gasteiger partial charge on any atom is 0.0443 e. The molecule has 2 atom stereocenters. The van der Waals surface area contributed by atoms with Crippen molar-refractivity contribution in [2.75, 3.05) is 0 Å². The Morgan fingerprint density at radius 2 is 1.73 bits per heavy atom. The lowest BCUT2D eigenvalue weighted by Gasteiger charge is -2.18. The summed E-state index contributed by atoms with van der Waals surface area (Å²) in [6.45, 7) is 21.8. The molecule has 0 spiro atoms. The molecule has 0 aliphatic rings. The van der Waals surface area contributed by atoms with Gasteiger partial charge >= 0.3 is 0 Å². The Balaban J connectivity index is 2.96. The van der Waals surface area contributed by atoms with Crippen molar-refractivity contribution in [1.82, 2.24) is 0 Å². The number of aryl methyl sites for hydroxylation is 1. The van der Waals surface area contributed by atoms with Gasteiger partial charge in [0.25, 0.3) is 0 Å². The van der Waals surface area contributed by atoms with Crippen molar-refractivity contribution in [1.29, 1.82) is 0 Å². The van der Waals surface area contributed by atoms with Gasteiger partial charge in [-0.05, 0) is 105 Å². The third-order valence-corrected chi connectivity index (χ3v) is 6.30. The lowest BCUT2D eigenvalue weighted by molar-refractivity contribution is 0.651. The second-order valence-electron chi connectivity index (χ2n) is 8.54. The highest BCUT2D eigenvalue weighted by Gasteiger charge is 2.12. The summed E-state index contributed by atoms with van der Waals surface area (Å²) in [5.74, 6) is 0.906. The first-order valence-electron chi connectivity index (χ1n) is 11.3. The molecule has 0 N–H and O–H groups in total. The highest BCUT2D eigenvalue weighted by Crippen LogP contribution is 2.31. The SMILES string of the molecule is C=C(/C(C)=C\C(C)C(=C/C)/C(C)=C\C(C)CC/C=C/CC)c1cc(C)c(C)c(Cl)c1. The second kappa shape index (κ2) is 12.8. The van der Waals surface area contributed by atoms with Crippen LogP contribution in [0.3, 0.4) is 0 Å². The van der Waals surface area contributed by atoms with Gasteiger partial charge in [-0.15, -0.1) is 0 Å². The highest BCUT2D eigenvalue weighted by atomic mass is 35.5. The van der Waals surface area contributed by atoms with Gasteiger partial charge in [0.1, 0.15) is 0 Å². The molecule has 0 fully saturated rings. The fraction of sp³-hybridized carbons (Fsp3) is 0.448. The zero-order valence-corrected chi connectivity index (χ0v) is 21.2. The van der Waals surface area contributed by atoms with E-state index in [1.54, 1.807) is 0 Å². The molecule has 2 unspecified atom stereocenters. The Bertz CT molecular complexity index is 822. The van der Waals surface area contributed by atoms with Gasteiger partial charge < -0.3 is 0 Å². The minimum absolute atomic E-state index is 0.331. The van der Waals surface area contributed by atoms with E-state index in [0.717, 1.165) is 34.6 Å². The van der Waals surface area contributed by atoms with Crippen LogP contribution in [0.4, 0.5) is 0 Å². The first-order valence-corrected chi connectivity index (χ1v) is 11.6. The van der Waals surface area contributed by atoms with E-state index in [1.165, 1.54) is 28.7 Å². The Morgan fingerprint density at radius 1 is 1.07 bits per heavy atom. The van der Waals surface area contributed by atoms with Crippen molar-refractivity contribution in [3.05, 3.63) is 87.5 Å². The van der Waals surface area contributed by atoms with Crippen LogP contribution < -0.4 is 0 Å². The van der Waals surface area contributed by atoms with Gasteiger partial charge in [0, 0.05) is 5.02 Å². The van der Waals surface area contributed by atoms with E-state index < -0.39 is 0 Å². The third kappa shape index (κ3) is 7.80. The monoisotopic (exact) mass is 424 g/mol. The van der Waals surface area contributed by atoms with E-state index in [1.807, 2.05) is 6.07 Å². The Kier molecular flexibility index (Phi) is 11.2. The number of benzene rings is 1. The average molecular weight is 425 g/mol. The predicted molar refractivity (Wildman–Crippen MR) is 138 cm³/mol. The number of hydrogen-bond donors (Lipinski definition) is 0. The summed E-state index contributed by atoms with van der Waals surface area (Å²) in [5.41, 5.74) is 8.45. The van der Waals surface area contributed by atoms with Gasteiger partial charge in [0.05, 0.1) is 0 Å². The molecule has 0 saturated carbocycles. The van der Waals surface area contributed by atoms with E-state index in [9.17, 15) is 0 Å². The van der Waals surface area contributed by atoms with Gasteiger partial charge in [-0.1, -0.05) is 81.0 Å². The van der Waals surface area contributed by atoms with Crippen LogP contribution in [-0.2, 0) is 0 Å². The van der Waals surface area contributed by atoms with Gasteiger partial charge in [-0.25, -0.2) is 0 Å². The van der Waals surface area contributed by atoms with Crippen LogP contribution in [-0.4, -0.2) is 0 Å². The lowest BCUT2D eigenvalue weighted by Crippen LogP contribution is -2.01. The maximum absolute atomic E-state index is 6.41. The summed E-state index contributed by atoms with van der Waals surface area (Å²) in [4.78, 5) is 0. The fourth-order valence-corrected chi connectivity index (χ4v) is 4.15. The van der Waals surface area contributed by atoms with Crippen LogP contribution in [0.15, 0.2) is 65.8 Å². The third-order valence-electron chi connectivity index (χ3n) is 5.91. The fourth-order valence-electron chi connectivity index (χ4n) is 3.88. The number of allylic oxidation sites excluding steroid dienone is 9. The molecular formula is C29H41Cl. The van der Waals surface area contributed by atoms with Gasteiger partial charge in [-0.2, -0.15) is 0 Å². The Labute approximate surface area is 191 Å². The second-order valence-corrected chi connectivity index (χ2v) is 8.95. The van der Waals surface area contributed by atoms with E-state index in [0.29, 0.717) is 11.8 Å².